The van der Waals surface area contributed by atoms with Crippen molar-refractivity contribution in [2.24, 2.45) is 0 Å². The summed E-state index contributed by atoms with van der Waals surface area (Å²) in [6.45, 7) is 2.28. The van der Waals surface area contributed by atoms with Gasteiger partial charge in [0.25, 0.3) is 5.91 Å². The number of likely N-dealkylation sites (tertiary alicyclic amines) is 1. The van der Waals surface area contributed by atoms with Crippen LogP contribution in [-0.4, -0.2) is 53.1 Å². The maximum atomic E-state index is 14.1. The van der Waals surface area contributed by atoms with E-state index < -0.39 is 11.8 Å². The van der Waals surface area contributed by atoms with Gasteiger partial charge < -0.3 is 19.6 Å². The molecule has 1 aromatic heterocycles. The number of carboxylic acids is 1. The molecule has 7 nitrogen and oxygen atoms in total. The third-order valence-corrected chi connectivity index (χ3v) is 5.05. The van der Waals surface area contributed by atoms with Gasteiger partial charge in [0, 0.05) is 25.0 Å². The van der Waals surface area contributed by atoms with Gasteiger partial charge in [-0.3, -0.25) is 4.79 Å². The average Bonchev–Trinajstić information content (AvgIpc) is 2.72. The molecule has 1 saturated heterocycles. The second-order valence-electron chi connectivity index (χ2n) is 6.87. The van der Waals surface area contributed by atoms with Crippen LogP contribution in [0.4, 0.5) is 15.9 Å². The summed E-state index contributed by atoms with van der Waals surface area (Å²) >= 11 is 0. The summed E-state index contributed by atoms with van der Waals surface area (Å²) in [7, 11) is 0. The molecule has 28 heavy (non-hydrogen) atoms. The lowest BCUT2D eigenvalue weighted by Crippen LogP contribution is -2.36. The van der Waals surface area contributed by atoms with Crippen LogP contribution >= 0.6 is 0 Å². The predicted molar refractivity (Wildman–Crippen MR) is 99.9 cm³/mol. The van der Waals surface area contributed by atoms with Crippen LogP contribution in [0.2, 0.25) is 0 Å². The van der Waals surface area contributed by atoms with Gasteiger partial charge >= 0.3 is 5.97 Å². The molecule has 0 radical (unpaired) electrons. The summed E-state index contributed by atoms with van der Waals surface area (Å²) < 4.78 is 19.8. The van der Waals surface area contributed by atoms with Crippen LogP contribution in [-0.2, 0) is 0 Å². The minimum Gasteiger partial charge on any atom is -0.488 e. The van der Waals surface area contributed by atoms with E-state index in [0.29, 0.717) is 36.0 Å². The Morgan fingerprint density at radius 2 is 1.89 bits per heavy atom. The number of aromatic carboxylic acids is 1. The van der Waals surface area contributed by atoms with Crippen LogP contribution in [0.15, 0.2) is 30.5 Å². The zero-order valence-electron chi connectivity index (χ0n) is 15.2. The first-order valence-electron chi connectivity index (χ1n) is 9.27. The van der Waals surface area contributed by atoms with Crippen LogP contribution in [0.3, 0.4) is 0 Å². The standard InChI is InChI=1S/C20H20FN3O4/c21-16-11-14(4-5-15(16)20(26)27)24-8-9-28-17-10-13(12-22-18(17)24)19(25)23-6-2-1-3-7-23/h4-5,10-12H,1-3,6-9H2,(H,26,27). The first-order valence-corrected chi connectivity index (χ1v) is 9.27. The van der Waals surface area contributed by atoms with E-state index in [1.807, 2.05) is 4.90 Å². The van der Waals surface area contributed by atoms with Crippen molar-refractivity contribution in [1.29, 1.82) is 0 Å². The number of hydrogen-bond acceptors (Lipinski definition) is 5. The minimum absolute atomic E-state index is 0.0624. The molecular weight excluding hydrogens is 365 g/mol. The number of hydrogen-bond donors (Lipinski definition) is 1. The van der Waals surface area contributed by atoms with Gasteiger partial charge in [0.15, 0.2) is 11.6 Å². The van der Waals surface area contributed by atoms with Gasteiger partial charge in [-0.25, -0.2) is 14.2 Å². The van der Waals surface area contributed by atoms with Gasteiger partial charge in [0.2, 0.25) is 0 Å². The fourth-order valence-electron chi connectivity index (χ4n) is 3.59. The van der Waals surface area contributed by atoms with Crippen LogP contribution < -0.4 is 9.64 Å². The molecule has 0 spiro atoms. The summed E-state index contributed by atoms with van der Waals surface area (Å²) in [6, 6.07) is 5.62. The first-order chi connectivity index (χ1) is 13.5. The number of nitrogens with zero attached hydrogens (tertiary/aromatic N) is 3. The topological polar surface area (TPSA) is 83.0 Å². The molecule has 1 aromatic carbocycles. The third-order valence-electron chi connectivity index (χ3n) is 5.05. The smallest absolute Gasteiger partial charge is 0.338 e. The predicted octanol–water partition coefficient (Wildman–Crippen LogP) is 3.08. The van der Waals surface area contributed by atoms with E-state index in [2.05, 4.69) is 4.98 Å². The van der Waals surface area contributed by atoms with Crippen molar-refractivity contribution in [2.45, 2.75) is 19.3 Å². The Labute approximate surface area is 161 Å². The summed E-state index contributed by atoms with van der Waals surface area (Å²) in [6.07, 6.45) is 4.67. The van der Waals surface area contributed by atoms with Gasteiger partial charge in [-0.1, -0.05) is 0 Å². The number of ether oxygens (including phenoxy) is 1. The number of aromatic nitrogens is 1. The molecule has 0 aliphatic carbocycles. The Kier molecular flexibility index (Phi) is 4.85. The molecule has 2 aliphatic rings. The van der Waals surface area contributed by atoms with E-state index in [1.54, 1.807) is 11.0 Å². The molecule has 2 aromatic rings. The van der Waals surface area contributed by atoms with Gasteiger partial charge in [0.1, 0.15) is 12.4 Å². The maximum absolute atomic E-state index is 14.1. The molecule has 4 rings (SSSR count). The Morgan fingerprint density at radius 1 is 1.11 bits per heavy atom. The quantitative estimate of drug-likeness (QED) is 0.874. The monoisotopic (exact) mass is 385 g/mol. The number of piperidine rings is 1. The Morgan fingerprint density at radius 3 is 2.61 bits per heavy atom. The highest BCUT2D eigenvalue weighted by Crippen LogP contribution is 2.36. The van der Waals surface area contributed by atoms with E-state index in [1.165, 1.54) is 24.4 Å². The molecule has 0 saturated carbocycles. The molecule has 0 bridgehead atoms. The fraction of sp³-hybridized carbons (Fsp3) is 0.350. The molecule has 0 atom stereocenters. The first kappa shape index (κ1) is 18.2. The molecule has 146 valence electrons. The van der Waals surface area contributed by atoms with Crippen molar-refractivity contribution in [1.82, 2.24) is 9.88 Å². The second-order valence-corrected chi connectivity index (χ2v) is 6.87. The van der Waals surface area contributed by atoms with Crippen molar-refractivity contribution in [3.8, 4) is 5.75 Å². The highest BCUT2D eigenvalue weighted by Gasteiger charge is 2.25. The van der Waals surface area contributed by atoms with E-state index in [-0.39, 0.29) is 11.5 Å². The number of amides is 1. The molecule has 1 fully saturated rings. The van der Waals surface area contributed by atoms with Crippen molar-refractivity contribution in [3.63, 3.8) is 0 Å². The number of halogens is 1. The van der Waals surface area contributed by atoms with Crippen LogP contribution in [0.5, 0.6) is 5.75 Å². The zero-order valence-corrected chi connectivity index (χ0v) is 15.2. The SMILES string of the molecule is O=C(O)c1ccc(N2CCOc3cc(C(=O)N4CCCCC4)cnc32)cc1F. The van der Waals surface area contributed by atoms with Crippen LogP contribution in [0.25, 0.3) is 0 Å². The Bertz CT molecular complexity index is 928. The summed E-state index contributed by atoms with van der Waals surface area (Å²) in [4.78, 5) is 31.7. The molecule has 1 N–H and O–H groups in total. The molecule has 8 heteroatoms. The number of benzene rings is 1. The molecule has 0 unspecified atom stereocenters. The second kappa shape index (κ2) is 7.46. The Balaban J connectivity index is 1.62. The summed E-state index contributed by atoms with van der Waals surface area (Å²) in [5.74, 6) is -1.26. The van der Waals surface area contributed by atoms with E-state index in [9.17, 15) is 14.0 Å². The van der Waals surface area contributed by atoms with Gasteiger partial charge in [0.05, 0.1) is 17.7 Å². The summed E-state index contributed by atoms with van der Waals surface area (Å²) in [5.41, 5.74) is 0.567. The van der Waals surface area contributed by atoms with Crippen molar-refractivity contribution in [2.75, 3.05) is 31.1 Å². The Hall–Kier alpha value is -3.16. The number of carboxylic acid groups (broad SMARTS) is 1. The van der Waals surface area contributed by atoms with Crippen LogP contribution in [0, 0.1) is 5.82 Å². The number of rotatable bonds is 3. The molecule has 1 amide bonds. The lowest BCUT2D eigenvalue weighted by molar-refractivity contribution is 0.0689. The van der Waals surface area contributed by atoms with Crippen molar-refractivity contribution >= 4 is 23.4 Å². The van der Waals surface area contributed by atoms with Gasteiger partial charge in [-0.2, -0.15) is 0 Å². The van der Waals surface area contributed by atoms with Crippen molar-refractivity contribution in [3.05, 3.63) is 47.4 Å². The molecule has 3 heterocycles. The molecular formula is C20H20FN3O4. The number of pyridine rings is 1. The lowest BCUT2D eigenvalue weighted by Gasteiger charge is -2.31. The highest BCUT2D eigenvalue weighted by atomic mass is 19.1. The third kappa shape index (κ3) is 3.37. The number of fused-ring (bicyclic) bond motifs is 1. The van der Waals surface area contributed by atoms with E-state index in [0.717, 1.165) is 32.4 Å². The molecule has 2 aliphatic heterocycles. The normalized spacial score (nSPS) is 16.3. The largest absolute Gasteiger partial charge is 0.488 e. The number of carbonyl (C=O) groups is 2. The lowest BCUT2D eigenvalue weighted by atomic mass is 10.1. The zero-order chi connectivity index (χ0) is 19.7. The minimum atomic E-state index is -1.31. The van der Waals surface area contributed by atoms with Crippen molar-refractivity contribution < 1.29 is 23.8 Å². The highest BCUT2D eigenvalue weighted by molar-refractivity contribution is 5.95. The summed E-state index contributed by atoms with van der Waals surface area (Å²) in [5, 5.41) is 8.99. The average molecular weight is 385 g/mol. The number of anilines is 2. The number of carbonyl (C=O) groups excluding carboxylic acids is 1. The van der Waals surface area contributed by atoms with Crippen LogP contribution in [0.1, 0.15) is 40.0 Å². The maximum Gasteiger partial charge on any atom is 0.338 e. The van der Waals surface area contributed by atoms with Gasteiger partial charge in [-0.15, -0.1) is 0 Å². The van der Waals surface area contributed by atoms with Gasteiger partial charge in [-0.05, 0) is 43.5 Å². The fourth-order valence-corrected chi connectivity index (χ4v) is 3.59. The van der Waals surface area contributed by atoms with E-state index in [4.69, 9.17) is 9.84 Å². The van der Waals surface area contributed by atoms with E-state index >= 15 is 0 Å².